The number of amides is 1. The summed E-state index contributed by atoms with van der Waals surface area (Å²) in [5.74, 6) is 0.253. The van der Waals surface area contributed by atoms with Gasteiger partial charge >= 0.3 is 0 Å². The van der Waals surface area contributed by atoms with Crippen molar-refractivity contribution < 1.29 is 9.59 Å². The standard InChI is InChI=1S/C15H22N2O2S/c1-9(2)15(11(4)18)17-14(19)8-20-13-6-5-12(16)7-10(13)3/h5-7,9,15H,8,16H2,1-4H3,(H,17,19). The predicted octanol–water partition coefficient (Wildman–Crippen LogP) is 2.40. The monoisotopic (exact) mass is 294 g/mol. The third-order valence-corrected chi connectivity index (χ3v) is 4.15. The Kier molecular flexibility index (Phi) is 6.07. The van der Waals surface area contributed by atoms with Crippen molar-refractivity contribution in [3.63, 3.8) is 0 Å². The van der Waals surface area contributed by atoms with E-state index in [1.54, 1.807) is 0 Å². The van der Waals surface area contributed by atoms with E-state index in [1.165, 1.54) is 18.7 Å². The second-order valence-corrected chi connectivity index (χ2v) is 6.23. The molecule has 1 unspecified atom stereocenters. The molecule has 0 aromatic heterocycles. The lowest BCUT2D eigenvalue weighted by atomic mass is 10.0. The normalized spacial score (nSPS) is 12.2. The summed E-state index contributed by atoms with van der Waals surface area (Å²) in [6, 6.07) is 5.20. The third kappa shape index (κ3) is 4.89. The zero-order valence-corrected chi connectivity index (χ0v) is 13.2. The molecule has 5 heteroatoms. The molecule has 1 amide bonds. The zero-order valence-electron chi connectivity index (χ0n) is 12.4. The lowest BCUT2D eigenvalue weighted by Gasteiger charge is -2.19. The first kappa shape index (κ1) is 16.6. The Morgan fingerprint density at radius 3 is 2.50 bits per heavy atom. The second-order valence-electron chi connectivity index (χ2n) is 5.21. The van der Waals surface area contributed by atoms with Crippen LogP contribution in [0.3, 0.4) is 0 Å². The van der Waals surface area contributed by atoms with Crippen molar-refractivity contribution in [3.8, 4) is 0 Å². The van der Waals surface area contributed by atoms with E-state index in [4.69, 9.17) is 5.73 Å². The number of nitrogens with one attached hydrogen (secondary N) is 1. The van der Waals surface area contributed by atoms with Gasteiger partial charge in [-0.05, 0) is 43.5 Å². The van der Waals surface area contributed by atoms with Gasteiger partial charge in [0.25, 0.3) is 0 Å². The SMILES string of the molecule is CC(=O)C(NC(=O)CSc1ccc(N)cc1C)C(C)C. The molecule has 20 heavy (non-hydrogen) atoms. The third-order valence-electron chi connectivity index (χ3n) is 2.98. The maximum absolute atomic E-state index is 11.9. The Balaban J connectivity index is 2.57. The number of carbonyl (C=O) groups excluding carboxylic acids is 2. The van der Waals surface area contributed by atoms with Crippen molar-refractivity contribution in [1.29, 1.82) is 0 Å². The summed E-state index contributed by atoms with van der Waals surface area (Å²) in [4.78, 5) is 24.4. The molecule has 3 N–H and O–H groups in total. The lowest BCUT2D eigenvalue weighted by molar-refractivity contribution is -0.126. The van der Waals surface area contributed by atoms with E-state index < -0.39 is 6.04 Å². The summed E-state index contributed by atoms with van der Waals surface area (Å²) in [6.45, 7) is 7.30. The van der Waals surface area contributed by atoms with Crippen LogP contribution in [0.15, 0.2) is 23.1 Å². The maximum atomic E-state index is 11.9. The van der Waals surface area contributed by atoms with Crippen molar-refractivity contribution in [3.05, 3.63) is 23.8 Å². The minimum Gasteiger partial charge on any atom is -0.399 e. The molecule has 0 aliphatic rings. The minimum absolute atomic E-state index is 0.0120. The molecule has 1 rings (SSSR count). The number of ketones is 1. The highest BCUT2D eigenvalue weighted by atomic mass is 32.2. The molecule has 4 nitrogen and oxygen atoms in total. The quantitative estimate of drug-likeness (QED) is 0.624. The van der Waals surface area contributed by atoms with Gasteiger partial charge in [0.1, 0.15) is 0 Å². The fourth-order valence-corrected chi connectivity index (χ4v) is 2.75. The topological polar surface area (TPSA) is 72.2 Å². The summed E-state index contributed by atoms with van der Waals surface area (Å²) in [5, 5.41) is 2.78. The first-order chi connectivity index (χ1) is 9.31. The van der Waals surface area contributed by atoms with Crippen LogP contribution in [0.1, 0.15) is 26.3 Å². The number of benzene rings is 1. The summed E-state index contributed by atoms with van der Waals surface area (Å²) in [6.07, 6.45) is 0. The number of rotatable bonds is 6. The van der Waals surface area contributed by atoms with Crippen LogP contribution in [0.5, 0.6) is 0 Å². The van der Waals surface area contributed by atoms with Gasteiger partial charge < -0.3 is 11.1 Å². The Morgan fingerprint density at radius 2 is 2.00 bits per heavy atom. The molecule has 110 valence electrons. The van der Waals surface area contributed by atoms with E-state index in [-0.39, 0.29) is 17.6 Å². The zero-order chi connectivity index (χ0) is 15.3. The van der Waals surface area contributed by atoms with E-state index in [9.17, 15) is 9.59 Å². The molecule has 0 radical (unpaired) electrons. The Morgan fingerprint density at radius 1 is 1.35 bits per heavy atom. The van der Waals surface area contributed by atoms with Gasteiger partial charge in [-0.3, -0.25) is 9.59 Å². The Hall–Kier alpha value is -1.49. The van der Waals surface area contributed by atoms with Crippen molar-refractivity contribution in [2.24, 2.45) is 5.92 Å². The minimum atomic E-state index is -0.407. The maximum Gasteiger partial charge on any atom is 0.230 e. The van der Waals surface area contributed by atoms with Gasteiger partial charge in [-0.25, -0.2) is 0 Å². The highest BCUT2D eigenvalue weighted by Gasteiger charge is 2.20. The highest BCUT2D eigenvalue weighted by Crippen LogP contribution is 2.23. The number of hydrogen-bond donors (Lipinski definition) is 2. The van der Waals surface area contributed by atoms with Crippen molar-refractivity contribution >= 4 is 29.1 Å². The van der Waals surface area contributed by atoms with Gasteiger partial charge in [0.15, 0.2) is 5.78 Å². The van der Waals surface area contributed by atoms with E-state index in [2.05, 4.69) is 5.32 Å². The van der Waals surface area contributed by atoms with Crippen LogP contribution >= 0.6 is 11.8 Å². The molecule has 0 fully saturated rings. The lowest BCUT2D eigenvalue weighted by Crippen LogP contribution is -2.44. The number of carbonyl (C=O) groups is 2. The first-order valence-corrected chi connectivity index (χ1v) is 7.58. The van der Waals surface area contributed by atoms with Crippen LogP contribution in [0.25, 0.3) is 0 Å². The van der Waals surface area contributed by atoms with Crippen molar-refractivity contribution in [2.75, 3.05) is 11.5 Å². The van der Waals surface area contributed by atoms with Gasteiger partial charge in [-0.2, -0.15) is 0 Å². The van der Waals surface area contributed by atoms with Crippen LogP contribution in [0.4, 0.5) is 5.69 Å². The fourth-order valence-electron chi connectivity index (χ4n) is 1.93. The van der Waals surface area contributed by atoms with Gasteiger partial charge in [-0.1, -0.05) is 13.8 Å². The van der Waals surface area contributed by atoms with E-state index in [0.29, 0.717) is 11.4 Å². The molecular formula is C15H22N2O2S. The molecule has 0 spiro atoms. The molecule has 0 aliphatic carbocycles. The van der Waals surface area contributed by atoms with E-state index in [1.807, 2.05) is 39.0 Å². The highest BCUT2D eigenvalue weighted by molar-refractivity contribution is 8.00. The number of thioether (sulfide) groups is 1. The van der Waals surface area contributed by atoms with Crippen molar-refractivity contribution in [2.45, 2.75) is 38.6 Å². The fraction of sp³-hybridized carbons (Fsp3) is 0.467. The van der Waals surface area contributed by atoms with Crippen LogP contribution in [0.2, 0.25) is 0 Å². The largest absolute Gasteiger partial charge is 0.399 e. The van der Waals surface area contributed by atoms with Gasteiger partial charge in [-0.15, -0.1) is 11.8 Å². The smallest absolute Gasteiger partial charge is 0.230 e. The Labute approximate surface area is 124 Å². The molecule has 0 saturated carbocycles. The van der Waals surface area contributed by atoms with Crippen LogP contribution < -0.4 is 11.1 Å². The number of aryl methyl sites for hydroxylation is 1. The summed E-state index contributed by atoms with van der Waals surface area (Å²) >= 11 is 1.45. The summed E-state index contributed by atoms with van der Waals surface area (Å²) in [7, 11) is 0. The first-order valence-electron chi connectivity index (χ1n) is 6.60. The van der Waals surface area contributed by atoms with Crippen LogP contribution in [-0.4, -0.2) is 23.5 Å². The average molecular weight is 294 g/mol. The van der Waals surface area contributed by atoms with E-state index in [0.717, 1.165) is 10.5 Å². The number of hydrogen-bond acceptors (Lipinski definition) is 4. The molecule has 0 saturated heterocycles. The number of anilines is 1. The number of nitrogens with two attached hydrogens (primary N) is 1. The predicted molar refractivity (Wildman–Crippen MR) is 83.8 cm³/mol. The number of nitrogen functional groups attached to an aromatic ring is 1. The molecule has 1 aromatic carbocycles. The molecule has 1 aromatic rings. The number of Topliss-reactive ketones (excluding diaryl/α,β-unsaturated/α-hetero) is 1. The molecule has 1 atom stereocenters. The molecule has 0 aliphatic heterocycles. The van der Waals surface area contributed by atoms with Crippen LogP contribution in [-0.2, 0) is 9.59 Å². The molecular weight excluding hydrogens is 272 g/mol. The van der Waals surface area contributed by atoms with Gasteiger partial charge in [0, 0.05) is 10.6 Å². The van der Waals surface area contributed by atoms with Crippen LogP contribution in [0, 0.1) is 12.8 Å². The summed E-state index contributed by atoms with van der Waals surface area (Å²) < 4.78 is 0. The second kappa shape index (κ2) is 7.33. The molecule has 0 bridgehead atoms. The Bertz CT molecular complexity index is 501. The molecule has 0 heterocycles. The summed E-state index contributed by atoms with van der Waals surface area (Å²) in [5.41, 5.74) is 7.46. The van der Waals surface area contributed by atoms with Gasteiger partial charge in [0.05, 0.1) is 11.8 Å². The van der Waals surface area contributed by atoms with Crippen molar-refractivity contribution in [1.82, 2.24) is 5.32 Å². The average Bonchev–Trinajstić information content (AvgIpc) is 2.34. The van der Waals surface area contributed by atoms with E-state index >= 15 is 0 Å². The van der Waals surface area contributed by atoms with Gasteiger partial charge in [0.2, 0.25) is 5.91 Å².